The molecule has 3 heteroatoms. The minimum atomic E-state index is -0.780. The van der Waals surface area contributed by atoms with Crippen molar-refractivity contribution in [2.75, 3.05) is 0 Å². The van der Waals surface area contributed by atoms with Crippen molar-refractivity contribution in [3.8, 4) is 5.75 Å². The predicted molar refractivity (Wildman–Crippen MR) is 82.4 cm³/mol. The molecule has 0 fully saturated rings. The van der Waals surface area contributed by atoms with Crippen LogP contribution in [0.15, 0.2) is 54.6 Å². The van der Waals surface area contributed by atoms with Crippen molar-refractivity contribution in [2.24, 2.45) is 5.92 Å². The summed E-state index contributed by atoms with van der Waals surface area (Å²) in [5.74, 6) is -0.490. The Morgan fingerprint density at radius 3 is 2.48 bits per heavy atom. The van der Waals surface area contributed by atoms with Gasteiger partial charge in [-0.05, 0) is 29.2 Å². The number of rotatable bonds is 6. The van der Waals surface area contributed by atoms with E-state index in [-0.39, 0.29) is 5.92 Å². The molecule has 0 bridgehead atoms. The van der Waals surface area contributed by atoms with E-state index in [0.29, 0.717) is 6.61 Å². The molecule has 0 aliphatic carbocycles. The summed E-state index contributed by atoms with van der Waals surface area (Å²) in [4.78, 5) is 11.1. The van der Waals surface area contributed by atoms with Crippen LogP contribution in [0.2, 0.25) is 0 Å². The molecule has 0 amide bonds. The summed E-state index contributed by atoms with van der Waals surface area (Å²) in [6.07, 6.45) is 0. The first-order valence-corrected chi connectivity index (χ1v) is 7.07. The van der Waals surface area contributed by atoms with Gasteiger partial charge < -0.3 is 9.84 Å². The Bertz CT molecular complexity index is 592. The number of carboxylic acids is 1. The van der Waals surface area contributed by atoms with Crippen molar-refractivity contribution in [1.82, 2.24) is 0 Å². The molecule has 21 heavy (non-hydrogen) atoms. The highest BCUT2D eigenvalue weighted by molar-refractivity contribution is 5.70. The zero-order valence-corrected chi connectivity index (χ0v) is 12.3. The van der Waals surface area contributed by atoms with Gasteiger partial charge in [0.1, 0.15) is 12.4 Å². The number of hydrogen-bond donors (Lipinski definition) is 1. The fourth-order valence-corrected chi connectivity index (χ4v) is 2.13. The molecule has 0 aliphatic heterocycles. The molecule has 2 aromatic carbocycles. The monoisotopic (exact) mass is 284 g/mol. The molecule has 0 aliphatic rings. The van der Waals surface area contributed by atoms with Crippen LogP contribution in [-0.2, 0) is 11.4 Å². The molecule has 110 valence electrons. The fourth-order valence-electron chi connectivity index (χ4n) is 2.13. The summed E-state index contributed by atoms with van der Waals surface area (Å²) in [6.45, 7) is 4.16. The maximum absolute atomic E-state index is 11.1. The van der Waals surface area contributed by atoms with E-state index in [0.717, 1.165) is 16.9 Å². The zero-order valence-electron chi connectivity index (χ0n) is 12.3. The van der Waals surface area contributed by atoms with Gasteiger partial charge in [0.25, 0.3) is 0 Å². The third-order valence-corrected chi connectivity index (χ3v) is 3.77. The highest BCUT2D eigenvalue weighted by atomic mass is 16.5. The maximum atomic E-state index is 11.1. The summed E-state index contributed by atoms with van der Waals surface area (Å²) in [5.41, 5.74) is 2.09. The van der Waals surface area contributed by atoms with Crippen LogP contribution in [0.1, 0.15) is 30.9 Å². The Balaban J connectivity index is 2.05. The predicted octanol–water partition coefficient (Wildman–Crippen LogP) is 4.09. The summed E-state index contributed by atoms with van der Waals surface area (Å²) in [7, 11) is 0. The smallest absolute Gasteiger partial charge is 0.306 e. The van der Waals surface area contributed by atoms with Gasteiger partial charge in [0.15, 0.2) is 0 Å². The van der Waals surface area contributed by atoms with Crippen molar-refractivity contribution in [3.05, 3.63) is 65.7 Å². The molecule has 2 rings (SSSR count). The third-order valence-electron chi connectivity index (χ3n) is 3.77. The summed E-state index contributed by atoms with van der Waals surface area (Å²) in [6, 6.07) is 17.6. The van der Waals surface area contributed by atoms with E-state index >= 15 is 0 Å². The van der Waals surface area contributed by atoms with Crippen LogP contribution in [0.4, 0.5) is 0 Å². The number of benzene rings is 2. The van der Waals surface area contributed by atoms with E-state index in [1.54, 1.807) is 6.92 Å². The fraction of sp³-hybridized carbons (Fsp3) is 0.278. The van der Waals surface area contributed by atoms with E-state index < -0.39 is 11.9 Å². The molecule has 3 nitrogen and oxygen atoms in total. The SMILES string of the molecule is C[C@@H](C(=O)O)[C@@H](C)c1cccc(OCc2ccccc2)c1. The second-order valence-electron chi connectivity index (χ2n) is 5.26. The molecule has 0 spiro atoms. The van der Waals surface area contributed by atoms with Crippen LogP contribution in [0.3, 0.4) is 0 Å². The van der Waals surface area contributed by atoms with Gasteiger partial charge in [-0.3, -0.25) is 4.79 Å². The van der Waals surface area contributed by atoms with E-state index in [1.165, 1.54) is 0 Å². The highest BCUT2D eigenvalue weighted by Gasteiger charge is 2.21. The van der Waals surface area contributed by atoms with Crippen molar-refractivity contribution in [3.63, 3.8) is 0 Å². The second-order valence-corrected chi connectivity index (χ2v) is 5.26. The standard InChI is InChI=1S/C18H20O3/c1-13(14(2)18(19)20)16-9-6-10-17(11-16)21-12-15-7-4-3-5-8-15/h3-11,13-14H,12H2,1-2H3,(H,19,20)/t13-,14-/m1/s1. The molecule has 1 N–H and O–H groups in total. The van der Waals surface area contributed by atoms with Gasteiger partial charge in [-0.2, -0.15) is 0 Å². The number of ether oxygens (including phenoxy) is 1. The van der Waals surface area contributed by atoms with Gasteiger partial charge in [0.05, 0.1) is 5.92 Å². The van der Waals surface area contributed by atoms with E-state index in [4.69, 9.17) is 9.84 Å². The Morgan fingerprint density at radius 1 is 1.10 bits per heavy atom. The average Bonchev–Trinajstić information content (AvgIpc) is 2.52. The lowest BCUT2D eigenvalue weighted by atomic mass is 9.89. The van der Waals surface area contributed by atoms with E-state index in [1.807, 2.05) is 61.5 Å². The molecule has 0 heterocycles. The van der Waals surface area contributed by atoms with E-state index in [2.05, 4.69) is 0 Å². The van der Waals surface area contributed by atoms with Crippen molar-refractivity contribution >= 4 is 5.97 Å². The van der Waals surface area contributed by atoms with Gasteiger partial charge >= 0.3 is 5.97 Å². The average molecular weight is 284 g/mol. The molecule has 0 radical (unpaired) electrons. The van der Waals surface area contributed by atoms with Crippen LogP contribution in [-0.4, -0.2) is 11.1 Å². The van der Waals surface area contributed by atoms with E-state index in [9.17, 15) is 4.79 Å². The van der Waals surface area contributed by atoms with Crippen LogP contribution < -0.4 is 4.74 Å². The third kappa shape index (κ3) is 4.09. The lowest BCUT2D eigenvalue weighted by molar-refractivity contribution is -0.141. The Kier molecular flexibility index (Phi) is 4.99. The molecule has 2 aromatic rings. The van der Waals surface area contributed by atoms with Crippen molar-refractivity contribution in [2.45, 2.75) is 26.4 Å². The van der Waals surface area contributed by atoms with Crippen LogP contribution in [0.5, 0.6) is 5.75 Å². The Morgan fingerprint density at radius 2 is 1.81 bits per heavy atom. The number of aliphatic carboxylic acids is 1. The minimum absolute atomic E-state index is 0.0530. The number of hydrogen-bond acceptors (Lipinski definition) is 2. The highest BCUT2D eigenvalue weighted by Crippen LogP contribution is 2.27. The molecular weight excluding hydrogens is 264 g/mol. The molecule has 0 aromatic heterocycles. The van der Waals surface area contributed by atoms with Crippen LogP contribution in [0.25, 0.3) is 0 Å². The second kappa shape index (κ2) is 6.93. The normalized spacial score (nSPS) is 13.4. The molecular formula is C18H20O3. The topological polar surface area (TPSA) is 46.5 Å². The molecule has 0 unspecified atom stereocenters. The van der Waals surface area contributed by atoms with Crippen molar-refractivity contribution in [1.29, 1.82) is 0 Å². The first kappa shape index (κ1) is 15.1. The van der Waals surface area contributed by atoms with Crippen LogP contribution >= 0.6 is 0 Å². The van der Waals surface area contributed by atoms with Crippen molar-refractivity contribution < 1.29 is 14.6 Å². The lowest BCUT2D eigenvalue weighted by Gasteiger charge is -2.17. The lowest BCUT2D eigenvalue weighted by Crippen LogP contribution is -2.16. The quantitative estimate of drug-likeness (QED) is 0.869. The largest absolute Gasteiger partial charge is 0.489 e. The van der Waals surface area contributed by atoms with Crippen LogP contribution in [0, 0.1) is 5.92 Å². The first-order chi connectivity index (χ1) is 10.1. The van der Waals surface area contributed by atoms with Gasteiger partial charge in [0, 0.05) is 0 Å². The Hall–Kier alpha value is -2.29. The minimum Gasteiger partial charge on any atom is -0.489 e. The number of carbonyl (C=O) groups is 1. The van der Waals surface area contributed by atoms with Gasteiger partial charge in [-0.1, -0.05) is 56.3 Å². The molecule has 2 atom stereocenters. The zero-order chi connectivity index (χ0) is 15.2. The maximum Gasteiger partial charge on any atom is 0.306 e. The van der Waals surface area contributed by atoms with Gasteiger partial charge in [0.2, 0.25) is 0 Å². The summed E-state index contributed by atoms with van der Waals surface area (Å²) in [5, 5.41) is 9.10. The van der Waals surface area contributed by atoms with Gasteiger partial charge in [-0.25, -0.2) is 0 Å². The summed E-state index contributed by atoms with van der Waals surface area (Å²) >= 11 is 0. The molecule has 0 saturated carbocycles. The molecule has 0 saturated heterocycles. The number of carboxylic acid groups (broad SMARTS) is 1. The Labute approximate surface area is 125 Å². The first-order valence-electron chi connectivity index (χ1n) is 7.07. The summed E-state index contributed by atoms with van der Waals surface area (Å²) < 4.78 is 5.78. The van der Waals surface area contributed by atoms with Gasteiger partial charge in [-0.15, -0.1) is 0 Å².